The van der Waals surface area contributed by atoms with Crippen molar-refractivity contribution in [2.45, 2.75) is 25.4 Å². The highest BCUT2D eigenvalue weighted by atomic mass is 16.5. The average molecular weight is 259 g/mol. The average Bonchev–Trinajstić information content (AvgIpc) is 2.43. The zero-order valence-corrected chi connectivity index (χ0v) is 10.7. The maximum atomic E-state index is 11.3. The summed E-state index contributed by atoms with van der Waals surface area (Å²) >= 11 is 0. The molecule has 2 N–H and O–H groups in total. The van der Waals surface area contributed by atoms with Crippen LogP contribution < -0.4 is 10.1 Å². The first-order valence-electron chi connectivity index (χ1n) is 6.34. The van der Waals surface area contributed by atoms with Gasteiger partial charge in [-0.2, -0.15) is 0 Å². The van der Waals surface area contributed by atoms with Crippen LogP contribution in [0.3, 0.4) is 0 Å². The first-order valence-corrected chi connectivity index (χ1v) is 6.34. The predicted octanol–water partition coefficient (Wildman–Crippen LogP) is 1.18. The molecule has 1 amide bonds. The molecule has 0 aromatic heterocycles. The molecule has 4 nitrogen and oxygen atoms in total. The molecular formula is C15H17NO3. The molecule has 1 aliphatic carbocycles. The Morgan fingerprint density at radius 1 is 1.58 bits per heavy atom. The molecular weight excluding hydrogens is 242 g/mol. The Morgan fingerprint density at radius 3 is 3.21 bits per heavy atom. The minimum atomic E-state index is -0.378. The zero-order valence-electron chi connectivity index (χ0n) is 10.7. The van der Waals surface area contributed by atoms with Crippen molar-refractivity contribution >= 4 is 5.91 Å². The number of nitrogens with one attached hydrogen (secondary N) is 1. The first kappa shape index (κ1) is 13.4. The van der Waals surface area contributed by atoms with Crippen molar-refractivity contribution in [3.05, 3.63) is 29.3 Å². The molecule has 100 valence electrons. The van der Waals surface area contributed by atoms with Gasteiger partial charge >= 0.3 is 0 Å². The number of hydrogen-bond acceptors (Lipinski definition) is 3. The predicted molar refractivity (Wildman–Crippen MR) is 71.7 cm³/mol. The molecule has 0 bridgehead atoms. The van der Waals surface area contributed by atoms with Crippen LogP contribution in [0.25, 0.3) is 0 Å². The van der Waals surface area contributed by atoms with Crippen LogP contribution in [-0.4, -0.2) is 24.2 Å². The van der Waals surface area contributed by atoms with Gasteiger partial charge in [-0.1, -0.05) is 12.0 Å². The lowest BCUT2D eigenvalue weighted by molar-refractivity contribution is -0.122. The number of carbonyl (C=O) groups is 1. The van der Waals surface area contributed by atoms with E-state index in [1.54, 1.807) is 6.07 Å². The van der Waals surface area contributed by atoms with Crippen LogP contribution in [0.15, 0.2) is 18.2 Å². The summed E-state index contributed by atoms with van der Waals surface area (Å²) in [6, 6.07) is 5.54. The van der Waals surface area contributed by atoms with Gasteiger partial charge in [0.15, 0.2) is 6.61 Å². The van der Waals surface area contributed by atoms with Gasteiger partial charge in [0.1, 0.15) is 5.75 Å². The van der Waals surface area contributed by atoms with E-state index in [9.17, 15) is 9.90 Å². The second-order valence-electron chi connectivity index (χ2n) is 4.54. The van der Waals surface area contributed by atoms with Crippen molar-refractivity contribution in [3.63, 3.8) is 0 Å². The molecule has 19 heavy (non-hydrogen) atoms. The highest BCUT2D eigenvalue weighted by Gasteiger charge is 2.18. The number of ether oxygens (including phenoxy) is 1. The Hall–Kier alpha value is -1.99. The molecule has 1 aromatic rings. The number of aliphatic hydroxyl groups is 1. The van der Waals surface area contributed by atoms with Crippen molar-refractivity contribution < 1.29 is 14.6 Å². The third-order valence-corrected chi connectivity index (χ3v) is 3.15. The number of fused-ring (bicyclic) bond motifs is 1. The van der Waals surface area contributed by atoms with Gasteiger partial charge in [0, 0.05) is 0 Å². The van der Waals surface area contributed by atoms with Gasteiger partial charge in [-0.3, -0.25) is 4.79 Å². The van der Waals surface area contributed by atoms with E-state index in [2.05, 4.69) is 11.2 Å². The summed E-state index contributed by atoms with van der Waals surface area (Å²) in [7, 11) is 0. The van der Waals surface area contributed by atoms with Gasteiger partial charge < -0.3 is 15.2 Å². The number of hydrogen-bond donors (Lipinski definition) is 2. The number of rotatable bonds is 4. The second kappa shape index (κ2) is 6.26. The second-order valence-corrected chi connectivity index (χ2v) is 4.54. The van der Waals surface area contributed by atoms with Crippen LogP contribution >= 0.6 is 0 Å². The summed E-state index contributed by atoms with van der Waals surface area (Å²) in [4.78, 5) is 11.3. The van der Waals surface area contributed by atoms with Gasteiger partial charge in [0.2, 0.25) is 0 Å². The van der Waals surface area contributed by atoms with Crippen LogP contribution in [0.4, 0.5) is 0 Å². The minimum absolute atomic E-state index is 0.0526. The van der Waals surface area contributed by atoms with E-state index in [1.807, 2.05) is 12.1 Å². The van der Waals surface area contributed by atoms with E-state index in [0.717, 1.165) is 30.4 Å². The topological polar surface area (TPSA) is 58.6 Å². The quantitative estimate of drug-likeness (QED) is 0.798. The smallest absolute Gasteiger partial charge is 0.258 e. The third kappa shape index (κ3) is 3.49. The van der Waals surface area contributed by atoms with Crippen LogP contribution in [0.2, 0.25) is 0 Å². The van der Waals surface area contributed by atoms with Crippen LogP contribution in [0, 0.1) is 12.3 Å². The standard InChI is InChI=1S/C15H17NO3/c1-2-8-16-15(18)10-19-12-6-7-13-11(9-12)4-3-5-14(13)17/h1,6-7,9,14,17H,3-5,8,10H2,(H,16,18). The summed E-state index contributed by atoms with van der Waals surface area (Å²) in [5.41, 5.74) is 2.07. The Labute approximate surface area is 112 Å². The minimum Gasteiger partial charge on any atom is -0.484 e. The van der Waals surface area contributed by atoms with Crippen molar-refractivity contribution in [1.82, 2.24) is 5.32 Å². The van der Waals surface area contributed by atoms with Crippen molar-refractivity contribution in [3.8, 4) is 18.1 Å². The molecule has 1 aromatic carbocycles. The van der Waals surface area contributed by atoms with Crippen LogP contribution in [-0.2, 0) is 11.2 Å². The fourth-order valence-electron chi connectivity index (χ4n) is 2.20. The molecule has 0 saturated heterocycles. The Balaban J connectivity index is 1.95. The molecule has 0 radical (unpaired) electrons. The number of aliphatic hydroxyl groups excluding tert-OH is 1. The highest BCUT2D eigenvalue weighted by molar-refractivity contribution is 5.77. The van der Waals surface area contributed by atoms with Crippen LogP contribution in [0.5, 0.6) is 5.75 Å². The maximum Gasteiger partial charge on any atom is 0.258 e. The lowest BCUT2D eigenvalue weighted by Gasteiger charge is -2.21. The van der Waals surface area contributed by atoms with E-state index in [-0.39, 0.29) is 25.2 Å². The van der Waals surface area contributed by atoms with Gasteiger partial charge in [0.05, 0.1) is 12.6 Å². The summed E-state index contributed by atoms with van der Waals surface area (Å²) < 4.78 is 5.40. The molecule has 0 fully saturated rings. The number of benzene rings is 1. The molecule has 0 spiro atoms. The number of carbonyl (C=O) groups excluding carboxylic acids is 1. The summed E-state index contributed by atoms with van der Waals surface area (Å²) in [5, 5.41) is 12.4. The molecule has 1 aliphatic rings. The molecule has 0 saturated carbocycles. The zero-order chi connectivity index (χ0) is 13.7. The third-order valence-electron chi connectivity index (χ3n) is 3.15. The molecule has 4 heteroatoms. The molecule has 2 rings (SSSR count). The molecule has 1 atom stereocenters. The maximum absolute atomic E-state index is 11.3. The van der Waals surface area contributed by atoms with E-state index in [1.165, 1.54) is 0 Å². The fourth-order valence-corrected chi connectivity index (χ4v) is 2.20. The molecule has 0 heterocycles. The lowest BCUT2D eigenvalue weighted by Crippen LogP contribution is -2.29. The first-order chi connectivity index (χ1) is 9.20. The van der Waals surface area contributed by atoms with Gasteiger partial charge in [0.25, 0.3) is 5.91 Å². The van der Waals surface area contributed by atoms with Crippen LogP contribution in [0.1, 0.15) is 30.1 Å². The van der Waals surface area contributed by atoms with E-state index >= 15 is 0 Å². The Kier molecular flexibility index (Phi) is 4.43. The van der Waals surface area contributed by atoms with E-state index in [0.29, 0.717) is 5.75 Å². The van der Waals surface area contributed by atoms with E-state index in [4.69, 9.17) is 11.2 Å². The Morgan fingerprint density at radius 2 is 2.42 bits per heavy atom. The normalized spacial score (nSPS) is 17.2. The summed E-state index contributed by atoms with van der Waals surface area (Å²) in [5.74, 6) is 2.73. The van der Waals surface area contributed by atoms with E-state index < -0.39 is 0 Å². The Bertz CT molecular complexity index is 505. The van der Waals surface area contributed by atoms with Crippen molar-refractivity contribution in [2.75, 3.05) is 13.2 Å². The van der Waals surface area contributed by atoms with Crippen molar-refractivity contribution in [1.29, 1.82) is 0 Å². The molecule has 1 unspecified atom stereocenters. The summed E-state index contributed by atoms with van der Waals surface area (Å²) in [6.07, 6.45) is 7.38. The van der Waals surface area contributed by atoms with Gasteiger partial charge in [-0.25, -0.2) is 0 Å². The van der Waals surface area contributed by atoms with Gasteiger partial charge in [-0.05, 0) is 42.5 Å². The highest BCUT2D eigenvalue weighted by Crippen LogP contribution is 2.31. The number of terminal acetylenes is 1. The van der Waals surface area contributed by atoms with Gasteiger partial charge in [-0.15, -0.1) is 6.42 Å². The largest absolute Gasteiger partial charge is 0.484 e. The molecule has 0 aliphatic heterocycles. The SMILES string of the molecule is C#CCNC(=O)COc1ccc2c(c1)CCCC2O. The fraction of sp³-hybridized carbons (Fsp3) is 0.400. The number of aryl methyl sites for hydroxylation is 1. The van der Waals surface area contributed by atoms with Crippen molar-refractivity contribution in [2.24, 2.45) is 0 Å². The summed E-state index contributed by atoms with van der Waals surface area (Å²) in [6.45, 7) is 0.154. The monoisotopic (exact) mass is 259 g/mol. The number of amides is 1. The lowest BCUT2D eigenvalue weighted by atomic mass is 9.89.